The maximum atomic E-state index is 12.2. The number of rotatable bonds is 10. The van der Waals surface area contributed by atoms with Crippen LogP contribution in [0.4, 0.5) is 0 Å². The van der Waals surface area contributed by atoms with Gasteiger partial charge in [-0.2, -0.15) is 0 Å². The van der Waals surface area contributed by atoms with Gasteiger partial charge in [0.15, 0.2) is 0 Å². The van der Waals surface area contributed by atoms with E-state index < -0.39 is 0 Å². The fraction of sp³-hybridized carbons (Fsp3) is 0.611. The molecular weight excluding hydrogens is 472 g/mol. The molecule has 0 spiro atoms. The van der Waals surface area contributed by atoms with Crippen molar-refractivity contribution in [3.05, 3.63) is 18.7 Å². The molecule has 0 aliphatic rings. The number of ether oxygens (including phenoxy) is 1. The quantitative estimate of drug-likeness (QED) is 0.247. The number of halogens is 2. The fourth-order valence-corrected chi connectivity index (χ4v) is 7.14. The normalized spacial score (nSPS) is 11.3. The molecule has 2 aromatic rings. The minimum Gasteiger partial charge on any atom is -0.462 e. The molecule has 0 bridgehead atoms. The third kappa shape index (κ3) is 5.05. The number of aryl methyl sites for hydroxylation is 1. The third-order valence-electron chi connectivity index (χ3n) is 4.03. The van der Waals surface area contributed by atoms with Crippen LogP contribution in [0.3, 0.4) is 0 Å². The highest BCUT2D eigenvalue weighted by molar-refractivity contribution is 9.11. The zero-order valence-corrected chi connectivity index (χ0v) is 19.1. The van der Waals surface area contributed by atoms with E-state index >= 15 is 0 Å². The van der Waals surface area contributed by atoms with Gasteiger partial charge < -0.3 is 4.74 Å². The third-order valence-corrected chi connectivity index (χ3v) is 8.09. The van der Waals surface area contributed by atoms with Crippen molar-refractivity contribution in [1.82, 2.24) is 0 Å². The molecule has 24 heavy (non-hydrogen) atoms. The number of carbonyl (C=O) groups excluding carboxylic acids is 1. The monoisotopic (exact) mass is 494 g/mol. The predicted octanol–water partition coefficient (Wildman–Crippen LogP) is 7.96. The molecule has 2 rings (SSSR count). The molecule has 0 fully saturated rings. The molecule has 2 nitrogen and oxygen atoms in total. The van der Waals surface area contributed by atoms with Gasteiger partial charge >= 0.3 is 5.97 Å². The number of hydrogen-bond donors (Lipinski definition) is 0. The zero-order valence-electron chi connectivity index (χ0n) is 14.3. The largest absolute Gasteiger partial charge is 0.462 e. The lowest BCUT2D eigenvalue weighted by Gasteiger charge is -2.01. The molecule has 134 valence electrons. The number of esters is 1. The molecule has 2 aromatic heterocycles. The molecule has 0 aromatic carbocycles. The maximum absolute atomic E-state index is 12.2. The Kier molecular flexibility index (Phi) is 8.75. The number of unbranched alkanes of at least 4 members (excludes halogenated alkanes) is 6. The summed E-state index contributed by atoms with van der Waals surface area (Å²) in [6.07, 6.45) is 10.3. The van der Waals surface area contributed by atoms with Crippen LogP contribution in [-0.2, 0) is 11.2 Å². The highest BCUT2D eigenvalue weighted by atomic mass is 79.9. The Morgan fingerprint density at radius 3 is 2.21 bits per heavy atom. The number of hydrogen-bond acceptors (Lipinski definition) is 4. The van der Waals surface area contributed by atoms with E-state index in [0.29, 0.717) is 12.2 Å². The molecule has 0 atom stereocenters. The van der Waals surface area contributed by atoms with Gasteiger partial charge in [0.05, 0.1) is 23.6 Å². The molecule has 0 unspecified atom stereocenters. The average Bonchev–Trinajstić information content (AvgIpc) is 3.00. The first-order valence-corrected chi connectivity index (χ1v) is 11.9. The van der Waals surface area contributed by atoms with Crippen molar-refractivity contribution in [2.75, 3.05) is 6.61 Å². The highest BCUT2D eigenvalue weighted by Crippen LogP contribution is 2.46. The van der Waals surface area contributed by atoms with Gasteiger partial charge in [-0.15, -0.1) is 22.7 Å². The Morgan fingerprint density at radius 2 is 1.54 bits per heavy atom. The Morgan fingerprint density at radius 1 is 0.917 bits per heavy atom. The molecule has 2 heterocycles. The average molecular weight is 496 g/mol. The minimum absolute atomic E-state index is 0.230. The van der Waals surface area contributed by atoms with Crippen LogP contribution >= 0.6 is 54.5 Å². The molecule has 0 amide bonds. The van der Waals surface area contributed by atoms with Crippen molar-refractivity contribution >= 4 is 69.9 Å². The van der Waals surface area contributed by atoms with E-state index in [0.717, 1.165) is 18.7 Å². The van der Waals surface area contributed by atoms with Gasteiger partial charge in [0.1, 0.15) is 5.56 Å². The molecular formula is C18H24Br2O2S2. The van der Waals surface area contributed by atoms with E-state index in [1.807, 2.05) is 6.92 Å². The second kappa shape index (κ2) is 10.3. The van der Waals surface area contributed by atoms with Gasteiger partial charge in [-0.1, -0.05) is 45.4 Å². The summed E-state index contributed by atoms with van der Waals surface area (Å²) in [5.41, 5.74) is 2.04. The first-order valence-electron chi connectivity index (χ1n) is 8.66. The molecule has 0 N–H and O–H groups in total. The first-order chi connectivity index (χ1) is 11.6. The van der Waals surface area contributed by atoms with Crippen molar-refractivity contribution in [2.45, 2.75) is 65.2 Å². The molecule has 6 heteroatoms. The first kappa shape index (κ1) is 20.4. The number of thiophene rings is 2. The lowest BCUT2D eigenvalue weighted by Crippen LogP contribution is -2.03. The highest BCUT2D eigenvalue weighted by Gasteiger charge is 2.24. The van der Waals surface area contributed by atoms with E-state index in [9.17, 15) is 4.79 Å². The van der Waals surface area contributed by atoms with Crippen molar-refractivity contribution in [2.24, 2.45) is 0 Å². The maximum Gasteiger partial charge on any atom is 0.341 e. The van der Waals surface area contributed by atoms with Crippen LogP contribution < -0.4 is 0 Å². The molecule has 0 aliphatic carbocycles. The predicted molar refractivity (Wildman–Crippen MR) is 113 cm³/mol. The van der Waals surface area contributed by atoms with Gasteiger partial charge in [-0.05, 0) is 57.2 Å². The topological polar surface area (TPSA) is 26.3 Å². The lowest BCUT2D eigenvalue weighted by atomic mass is 10.1. The SMILES string of the molecule is CCCCCCCCCc1c(Br)sc2c(C(=O)OCC)c(Br)sc12. The van der Waals surface area contributed by atoms with Crippen LogP contribution in [0.1, 0.15) is 74.7 Å². The Balaban J connectivity index is 2.02. The van der Waals surface area contributed by atoms with E-state index in [2.05, 4.69) is 38.8 Å². The number of carbonyl (C=O) groups is 1. The standard InChI is InChI=1S/C18H24Br2O2S2/c1-3-5-6-7-8-9-10-11-12-14-15(24-16(12)19)13(17(20)23-14)18(21)22-4-2/h3-11H2,1-2H3. The van der Waals surface area contributed by atoms with Crippen LogP contribution in [0.2, 0.25) is 0 Å². The Bertz CT molecular complexity index is 676. The lowest BCUT2D eigenvalue weighted by molar-refractivity contribution is 0.0528. The summed E-state index contributed by atoms with van der Waals surface area (Å²) in [6.45, 7) is 4.49. The second-order valence-corrected chi connectivity index (χ2v) is 10.5. The van der Waals surface area contributed by atoms with Crippen LogP contribution in [-0.4, -0.2) is 12.6 Å². The molecule has 0 saturated carbocycles. The van der Waals surface area contributed by atoms with Crippen molar-refractivity contribution in [1.29, 1.82) is 0 Å². The van der Waals surface area contributed by atoms with E-state index in [4.69, 9.17) is 4.74 Å². The van der Waals surface area contributed by atoms with Crippen LogP contribution in [0.25, 0.3) is 9.40 Å². The fourth-order valence-electron chi connectivity index (χ4n) is 2.77. The van der Waals surface area contributed by atoms with Gasteiger partial charge in [0.2, 0.25) is 0 Å². The summed E-state index contributed by atoms with van der Waals surface area (Å²) < 4.78 is 9.52. The summed E-state index contributed by atoms with van der Waals surface area (Å²) in [7, 11) is 0. The Hall–Kier alpha value is 0.0900. The molecule has 0 saturated heterocycles. The van der Waals surface area contributed by atoms with Gasteiger partial charge in [0.25, 0.3) is 0 Å². The zero-order chi connectivity index (χ0) is 17.5. The number of fused-ring (bicyclic) bond motifs is 1. The van der Waals surface area contributed by atoms with Crippen molar-refractivity contribution in [3.63, 3.8) is 0 Å². The van der Waals surface area contributed by atoms with Crippen LogP contribution in [0.15, 0.2) is 7.57 Å². The van der Waals surface area contributed by atoms with E-state index in [1.54, 1.807) is 22.7 Å². The second-order valence-electron chi connectivity index (χ2n) is 5.86. The van der Waals surface area contributed by atoms with Gasteiger partial charge in [0, 0.05) is 0 Å². The summed E-state index contributed by atoms with van der Waals surface area (Å²) in [5, 5.41) is 0. The Labute approximate surface area is 169 Å². The molecule has 0 aliphatic heterocycles. The summed E-state index contributed by atoms with van der Waals surface area (Å²) in [6, 6.07) is 0. The summed E-state index contributed by atoms with van der Waals surface area (Å²) in [4.78, 5) is 12.2. The summed E-state index contributed by atoms with van der Waals surface area (Å²) >= 11 is 10.5. The van der Waals surface area contributed by atoms with Gasteiger partial charge in [-0.3, -0.25) is 0 Å². The van der Waals surface area contributed by atoms with Crippen molar-refractivity contribution in [3.8, 4) is 0 Å². The van der Waals surface area contributed by atoms with Crippen LogP contribution in [0.5, 0.6) is 0 Å². The smallest absolute Gasteiger partial charge is 0.341 e. The minimum atomic E-state index is -0.230. The summed E-state index contributed by atoms with van der Waals surface area (Å²) in [5.74, 6) is -0.230. The van der Waals surface area contributed by atoms with Crippen LogP contribution in [0, 0.1) is 0 Å². The van der Waals surface area contributed by atoms with Crippen molar-refractivity contribution < 1.29 is 9.53 Å². The van der Waals surface area contributed by atoms with E-state index in [-0.39, 0.29) is 5.97 Å². The molecule has 0 radical (unpaired) electrons. The van der Waals surface area contributed by atoms with Gasteiger partial charge in [-0.25, -0.2) is 4.79 Å². The van der Waals surface area contributed by atoms with E-state index in [1.165, 1.54) is 55.2 Å².